The molecule has 4 aromatic rings. The van der Waals surface area contributed by atoms with Crippen molar-refractivity contribution in [1.82, 2.24) is 14.5 Å². The van der Waals surface area contributed by atoms with Crippen LogP contribution < -0.4 is 10.9 Å². The summed E-state index contributed by atoms with van der Waals surface area (Å²) >= 11 is 0. The number of para-hydroxylation sites is 2. The molecule has 7 heteroatoms. The van der Waals surface area contributed by atoms with Gasteiger partial charge in [0.05, 0.1) is 22.6 Å². The zero-order valence-corrected chi connectivity index (χ0v) is 25.7. The second-order valence-corrected chi connectivity index (χ2v) is 11.6. The topological polar surface area (TPSA) is 67.2 Å². The van der Waals surface area contributed by atoms with Gasteiger partial charge in [0.1, 0.15) is 11.6 Å². The first-order valence-electron chi connectivity index (χ1n) is 15.1. The molecule has 42 heavy (non-hydrogen) atoms. The van der Waals surface area contributed by atoms with E-state index in [1.54, 1.807) is 35.2 Å². The van der Waals surface area contributed by atoms with E-state index in [-0.39, 0.29) is 23.4 Å². The number of hydrogen-bond acceptors (Lipinski definition) is 3. The molecule has 3 aromatic carbocycles. The van der Waals surface area contributed by atoms with Gasteiger partial charge in [-0.15, -0.1) is 0 Å². The fraction of sp³-hybridized carbons (Fsp3) is 0.400. The Morgan fingerprint density at radius 2 is 1.52 bits per heavy atom. The highest BCUT2D eigenvalue weighted by atomic mass is 19.1. The lowest BCUT2D eigenvalue weighted by atomic mass is 9.92. The van der Waals surface area contributed by atoms with Crippen molar-refractivity contribution < 1.29 is 9.18 Å². The molecule has 0 saturated carbocycles. The summed E-state index contributed by atoms with van der Waals surface area (Å²) in [6.45, 7) is 13.1. The van der Waals surface area contributed by atoms with Gasteiger partial charge in [-0.2, -0.15) is 0 Å². The predicted octanol–water partition coefficient (Wildman–Crippen LogP) is 8.95. The number of benzene rings is 3. The maximum absolute atomic E-state index is 14.2. The molecule has 0 aliphatic heterocycles. The van der Waals surface area contributed by atoms with Crippen LogP contribution in [-0.4, -0.2) is 27.0 Å². The van der Waals surface area contributed by atoms with E-state index in [4.69, 9.17) is 4.98 Å². The normalized spacial score (nSPS) is 12.2. The summed E-state index contributed by atoms with van der Waals surface area (Å²) in [5.74, 6) is 0.481. The number of nitrogens with zero attached hydrogens (tertiary/aromatic N) is 3. The molecule has 1 atom stereocenters. The van der Waals surface area contributed by atoms with E-state index in [2.05, 4.69) is 52.1 Å². The second-order valence-electron chi connectivity index (χ2n) is 11.6. The quantitative estimate of drug-likeness (QED) is 0.183. The van der Waals surface area contributed by atoms with Gasteiger partial charge >= 0.3 is 6.03 Å². The van der Waals surface area contributed by atoms with Crippen LogP contribution in [0.25, 0.3) is 16.6 Å². The number of hydrogen-bond donors (Lipinski definition) is 1. The van der Waals surface area contributed by atoms with Crippen LogP contribution in [0.4, 0.5) is 14.9 Å². The van der Waals surface area contributed by atoms with E-state index < -0.39 is 11.9 Å². The number of carbonyl (C=O) groups is 1. The lowest BCUT2D eigenvalue weighted by Crippen LogP contribution is -2.40. The van der Waals surface area contributed by atoms with Crippen molar-refractivity contribution in [2.24, 2.45) is 0 Å². The molecule has 1 heterocycles. The van der Waals surface area contributed by atoms with Crippen LogP contribution in [0, 0.1) is 5.82 Å². The van der Waals surface area contributed by atoms with E-state index in [1.807, 2.05) is 19.1 Å². The molecule has 0 fully saturated rings. The number of urea groups is 1. The van der Waals surface area contributed by atoms with E-state index in [1.165, 1.54) is 16.7 Å². The first kappa shape index (κ1) is 30.9. The maximum atomic E-state index is 14.2. The Balaban J connectivity index is 1.83. The summed E-state index contributed by atoms with van der Waals surface area (Å²) in [5.41, 5.74) is 3.81. The highest BCUT2D eigenvalue weighted by Gasteiger charge is 2.28. The molecule has 1 unspecified atom stereocenters. The molecule has 0 spiro atoms. The van der Waals surface area contributed by atoms with Crippen LogP contribution >= 0.6 is 0 Å². The Labute approximate surface area is 248 Å². The Bertz CT molecular complexity index is 1550. The molecule has 222 valence electrons. The number of carbonyl (C=O) groups excluding carboxylic acids is 1. The number of amides is 2. The minimum atomic E-state index is -0.553. The van der Waals surface area contributed by atoms with Crippen LogP contribution in [0.15, 0.2) is 71.5 Å². The van der Waals surface area contributed by atoms with Crippen LogP contribution in [-0.2, 0) is 0 Å². The highest BCUT2D eigenvalue weighted by molar-refractivity contribution is 5.92. The first-order valence-corrected chi connectivity index (χ1v) is 15.1. The summed E-state index contributed by atoms with van der Waals surface area (Å²) in [7, 11) is 0. The Hall–Kier alpha value is -4.00. The molecule has 0 saturated heterocycles. The maximum Gasteiger partial charge on any atom is 0.322 e. The summed E-state index contributed by atoms with van der Waals surface area (Å²) < 4.78 is 15.4. The van der Waals surface area contributed by atoms with Gasteiger partial charge in [0.15, 0.2) is 0 Å². The summed E-state index contributed by atoms with van der Waals surface area (Å²) in [4.78, 5) is 34.8. The third-order valence-corrected chi connectivity index (χ3v) is 7.85. The van der Waals surface area contributed by atoms with Crippen molar-refractivity contribution in [2.75, 3.05) is 11.9 Å². The molecule has 0 aliphatic rings. The van der Waals surface area contributed by atoms with Gasteiger partial charge < -0.3 is 10.2 Å². The van der Waals surface area contributed by atoms with Crippen LogP contribution in [0.2, 0.25) is 0 Å². The largest absolute Gasteiger partial charge is 0.322 e. The van der Waals surface area contributed by atoms with Crippen molar-refractivity contribution in [3.63, 3.8) is 0 Å². The van der Waals surface area contributed by atoms with Gasteiger partial charge in [-0.05, 0) is 72.7 Å². The Kier molecular flexibility index (Phi) is 10.2. The standard InChI is InChI=1S/C35H43FN4O2/c1-7-8-9-12-22-39(35(42)38-32-28(23(2)3)15-13-16-29(32)24(4)5)25(6)33-37-31-17-11-10-14-30(31)34(41)40(33)27-20-18-26(36)19-21-27/h10-11,13-21,23-25H,7-9,12,22H2,1-6H3,(H,38,42). The van der Waals surface area contributed by atoms with Gasteiger partial charge in [-0.1, -0.05) is 84.2 Å². The predicted molar refractivity (Wildman–Crippen MR) is 170 cm³/mol. The number of unbranched alkanes of at least 4 members (excludes halogenated alkanes) is 3. The SMILES string of the molecule is CCCCCCN(C(=O)Nc1c(C(C)C)cccc1C(C)C)C(C)c1nc2ccccc2c(=O)n1-c1ccc(F)cc1. The minimum Gasteiger partial charge on any atom is -0.315 e. The molecule has 0 radical (unpaired) electrons. The minimum absolute atomic E-state index is 0.222. The van der Waals surface area contributed by atoms with E-state index in [0.29, 0.717) is 29.0 Å². The third kappa shape index (κ3) is 6.72. The average molecular weight is 571 g/mol. The van der Waals surface area contributed by atoms with E-state index in [9.17, 15) is 14.0 Å². The Morgan fingerprint density at radius 3 is 2.14 bits per heavy atom. The number of rotatable bonds is 11. The first-order chi connectivity index (χ1) is 20.1. The number of anilines is 1. The third-order valence-electron chi connectivity index (χ3n) is 7.85. The summed E-state index contributed by atoms with van der Waals surface area (Å²) in [5, 5.41) is 3.74. The second kappa shape index (κ2) is 13.8. The van der Waals surface area contributed by atoms with Gasteiger partial charge in [0.25, 0.3) is 5.56 Å². The number of aromatic nitrogens is 2. The molecule has 1 N–H and O–H groups in total. The van der Waals surface area contributed by atoms with Crippen LogP contribution in [0.3, 0.4) is 0 Å². The summed E-state index contributed by atoms with van der Waals surface area (Å²) in [6.07, 6.45) is 3.97. The molecule has 1 aromatic heterocycles. The van der Waals surface area contributed by atoms with Gasteiger partial charge in [-0.25, -0.2) is 14.2 Å². The molecular weight excluding hydrogens is 527 g/mol. The van der Waals surface area contributed by atoms with E-state index >= 15 is 0 Å². The van der Waals surface area contributed by atoms with Crippen LogP contribution in [0.1, 0.15) is 102 Å². The fourth-order valence-electron chi connectivity index (χ4n) is 5.46. The lowest BCUT2D eigenvalue weighted by molar-refractivity contribution is 0.187. The molecule has 6 nitrogen and oxygen atoms in total. The monoisotopic (exact) mass is 570 g/mol. The van der Waals surface area contributed by atoms with Crippen molar-refractivity contribution in [3.05, 3.63) is 99.9 Å². The molecule has 0 bridgehead atoms. The highest BCUT2D eigenvalue weighted by Crippen LogP contribution is 2.33. The number of halogens is 1. The summed E-state index contributed by atoms with van der Waals surface area (Å²) in [6, 6.07) is 18.4. The van der Waals surface area contributed by atoms with Crippen molar-refractivity contribution in [2.45, 2.75) is 85.1 Å². The molecule has 2 amide bonds. The molecular formula is C35H43FN4O2. The average Bonchev–Trinajstić information content (AvgIpc) is 2.97. The zero-order chi connectivity index (χ0) is 30.4. The van der Waals surface area contributed by atoms with Gasteiger partial charge in [0.2, 0.25) is 0 Å². The van der Waals surface area contributed by atoms with Gasteiger partial charge in [-0.3, -0.25) is 9.36 Å². The molecule has 4 rings (SSSR count). The van der Waals surface area contributed by atoms with Crippen LogP contribution in [0.5, 0.6) is 0 Å². The fourth-order valence-corrected chi connectivity index (χ4v) is 5.46. The molecule has 0 aliphatic carbocycles. The van der Waals surface area contributed by atoms with Crippen molar-refractivity contribution in [1.29, 1.82) is 0 Å². The number of nitrogens with one attached hydrogen (secondary N) is 1. The van der Waals surface area contributed by atoms with Crippen molar-refractivity contribution in [3.8, 4) is 5.69 Å². The zero-order valence-electron chi connectivity index (χ0n) is 25.7. The number of fused-ring (bicyclic) bond motifs is 1. The smallest absolute Gasteiger partial charge is 0.315 e. The van der Waals surface area contributed by atoms with Crippen molar-refractivity contribution >= 4 is 22.6 Å². The van der Waals surface area contributed by atoms with E-state index in [0.717, 1.165) is 42.5 Å². The lowest BCUT2D eigenvalue weighted by Gasteiger charge is -2.32. The Morgan fingerprint density at radius 1 is 0.881 bits per heavy atom. The van der Waals surface area contributed by atoms with Gasteiger partial charge in [0, 0.05) is 12.2 Å².